The normalized spacial score (nSPS) is 11.5. The maximum Gasteiger partial charge on any atom is 0.238 e. The van der Waals surface area contributed by atoms with Crippen LogP contribution in [0.1, 0.15) is 5.82 Å². The van der Waals surface area contributed by atoms with Gasteiger partial charge in [-0.05, 0) is 12.1 Å². The highest BCUT2D eigenvalue weighted by Gasteiger charge is 2.16. The molecule has 2 N–H and O–H groups in total. The van der Waals surface area contributed by atoms with Crippen LogP contribution in [0, 0.1) is 0 Å². The largest absolute Gasteiger partial charge is 0.482 e. The van der Waals surface area contributed by atoms with Crippen LogP contribution in [0.25, 0.3) is 0 Å². The standard InChI is InChI=1S/C9H7Cl2N3O4S/c10-6-1-5(19(12,15)16)2-7(11)9(6)17-3-8-13-4-18-14-8/h1-2,4H,3H2,(H2,12,15,16). The van der Waals surface area contributed by atoms with Gasteiger partial charge in [0.05, 0.1) is 14.9 Å². The number of ether oxygens (including phenoxy) is 1. The highest BCUT2D eigenvalue weighted by atomic mass is 35.5. The smallest absolute Gasteiger partial charge is 0.238 e. The summed E-state index contributed by atoms with van der Waals surface area (Å²) >= 11 is 11.8. The molecule has 10 heteroatoms. The summed E-state index contributed by atoms with van der Waals surface area (Å²) in [5, 5.41) is 8.54. The maximum atomic E-state index is 11.2. The first-order valence-corrected chi connectivity index (χ1v) is 7.08. The van der Waals surface area contributed by atoms with Gasteiger partial charge in [-0.3, -0.25) is 0 Å². The van der Waals surface area contributed by atoms with Gasteiger partial charge >= 0.3 is 0 Å². The average Bonchev–Trinajstić information content (AvgIpc) is 2.79. The molecule has 0 saturated heterocycles. The Morgan fingerprint density at radius 1 is 1.32 bits per heavy atom. The van der Waals surface area contributed by atoms with Gasteiger partial charge in [0, 0.05) is 0 Å². The molecule has 0 bridgehead atoms. The molecule has 0 aliphatic rings. The molecule has 0 aliphatic carbocycles. The third-order valence-electron chi connectivity index (χ3n) is 2.05. The van der Waals surface area contributed by atoms with E-state index in [1.54, 1.807) is 0 Å². The summed E-state index contributed by atoms with van der Waals surface area (Å²) in [5.74, 6) is 0.406. The van der Waals surface area contributed by atoms with Crippen molar-refractivity contribution < 1.29 is 17.7 Å². The van der Waals surface area contributed by atoms with E-state index in [2.05, 4.69) is 14.7 Å². The molecule has 0 aliphatic heterocycles. The lowest BCUT2D eigenvalue weighted by molar-refractivity contribution is 0.287. The van der Waals surface area contributed by atoms with Gasteiger partial charge < -0.3 is 9.26 Å². The lowest BCUT2D eigenvalue weighted by atomic mass is 10.3. The summed E-state index contributed by atoms with van der Waals surface area (Å²) in [4.78, 5) is 3.54. The second-order valence-electron chi connectivity index (χ2n) is 3.40. The molecule has 0 amide bonds. The quantitative estimate of drug-likeness (QED) is 0.915. The van der Waals surface area contributed by atoms with Crippen molar-refractivity contribution in [2.24, 2.45) is 5.14 Å². The molecule has 2 aromatic rings. The Morgan fingerprint density at radius 2 is 1.95 bits per heavy atom. The van der Waals surface area contributed by atoms with Gasteiger partial charge in [0.1, 0.15) is 0 Å². The Kier molecular flexibility index (Phi) is 3.95. The van der Waals surface area contributed by atoms with Crippen molar-refractivity contribution in [1.29, 1.82) is 0 Å². The van der Waals surface area contributed by atoms with Crippen LogP contribution in [-0.4, -0.2) is 18.6 Å². The van der Waals surface area contributed by atoms with Crippen LogP contribution in [-0.2, 0) is 16.6 Å². The molecule has 19 heavy (non-hydrogen) atoms. The fraction of sp³-hybridized carbons (Fsp3) is 0.111. The van der Waals surface area contributed by atoms with Crippen LogP contribution >= 0.6 is 23.2 Å². The molecular weight excluding hydrogens is 317 g/mol. The summed E-state index contributed by atoms with van der Waals surface area (Å²) in [7, 11) is -3.89. The summed E-state index contributed by atoms with van der Waals surface area (Å²) in [6, 6.07) is 2.29. The Morgan fingerprint density at radius 3 is 2.42 bits per heavy atom. The lowest BCUT2D eigenvalue weighted by Gasteiger charge is -2.09. The Bertz CT molecular complexity index is 664. The minimum atomic E-state index is -3.89. The highest BCUT2D eigenvalue weighted by molar-refractivity contribution is 7.89. The fourth-order valence-electron chi connectivity index (χ4n) is 1.23. The molecule has 1 heterocycles. The first-order valence-electron chi connectivity index (χ1n) is 4.78. The molecule has 2 rings (SSSR count). The second-order valence-corrected chi connectivity index (χ2v) is 5.77. The van der Waals surface area contributed by atoms with Crippen molar-refractivity contribution in [3.63, 3.8) is 0 Å². The lowest BCUT2D eigenvalue weighted by Crippen LogP contribution is -2.12. The molecule has 0 fully saturated rings. The van der Waals surface area contributed by atoms with Gasteiger partial charge in [-0.2, -0.15) is 4.98 Å². The molecule has 1 aromatic heterocycles. The van der Waals surface area contributed by atoms with Crippen LogP contribution in [0.15, 0.2) is 27.9 Å². The van der Waals surface area contributed by atoms with E-state index < -0.39 is 10.0 Å². The number of nitrogens with zero attached hydrogens (tertiary/aromatic N) is 2. The molecule has 0 spiro atoms. The molecule has 0 unspecified atom stereocenters. The van der Waals surface area contributed by atoms with Crippen molar-refractivity contribution in [2.45, 2.75) is 11.5 Å². The van der Waals surface area contributed by atoms with E-state index in [9.17, 15) is 8.42 Å². The van der Waals surface area contributed by atoms with Crippen molar-refractivity contribution in [1.82, 2.24) is 10.1 Å². The van der Waals surface area contributed by atoms with Crippen LogP contribution in [0.2, 0.25) is 10.0 Å². The van der Waals surface area contributed by atoms with E-state index in [0.29, 0.717) is 5.82 Å². The second kappa shape index (κ2) is 5.33. The van der Waals surface area contributed by atoms with E-state index in [1.807, 2.05) is 0 Å². The fourth-order valence-corrected chi connectivity index (χ4v) is 2.52. The summed E-state index contributed by atoms with van der Waals surface area (Å²) in [6.45, 7) is -0.0232. The van der Waals surface area contributed by atoms with Crippen molar-refractivity contribution in [2.75, 3.05) is 0 Å². The number of nitrogens with two attached hydrogens (primary N) is 1. The molecule has 7 nitrogen and oxygen atoms in total. The Labute approximate surface area is 118 Å². The number of hydrogen-bond acceptors (Lipinski definition) is 6. The van der Waals surface area contributed by atoms with Gasteiger partial charge in [0.2, 0.25) is 22.2 Å². The molecule has 102 valence electrons. The van der Waals surface area contributed by atoms with Gasteiger partial charge in [-0.25, -0.2) is 13.6 Å². The Hall–Kier alpha value is -1.35. The molecule has 0 radical (unpaired) electrons. The third-order valence-corrected chi connectivity index (χ3v) is 3.51. The molecular formula is C9H7Cl2N3O4S. The van der Waals surface area contributed by atoms with E-state index in [4.69, 9.17) is 33.1 Å². The van der Waals surface area contributed by atoms with Gasteiger partial charge in [-0.1, -0.05) is 28.4 Å². The number of rotatable bonds is 4. The molecule has 0 saturated carbocycles. The number of hydrogen-bond donors (Lipinski definition) is 1. The van der Waals surface area contributed by atoms with Crippen LogP contribution in [0.3, 0.4) is 0 Å². The zero-order valence-corrected chi connectivity index (χ0v) is 11.5. The first kappa shape index (κ1) is 14.1. The highest BCUT2D eigenvalue weighted by Crippen LogP contribution is 2.35. The zero-order valence-electron chi connectivity index (χ0n) is 9.21. The third kappa shape index (κ3) is 3.35. The van der Waals surface area contributed by atoms with E-state index in [-0.39, 0.29) is 27.3 Å². The van der Waals surface area contributed by atoms with Crippen LogP contribution in [0.4, 0.5) is 0 Å². The number of aromatic nitrogens is 2. The van der Waals surface area contributed by atoms with Gasteiger partial charge in [-0.15, -0.1) is 0 Å². The summed E-state index contributed by atoms with van der Waals surface area (Å²) < 4.78 is 32.2. The number of halogens is 2. The van der Waals surface area contributed by atoms with Gasteiger partial charge in [0.25, 0.3) is 0 Å². The van der Waals surface area contributed by atoms with Crippen LogP contribution < -0.4 is 9.88 Å². The number of benzene rings is 1. The van der Waals surface area contributed by atoms with Crippen molar-refractivity contribution in [3.05, 3.63) is 34.4 Å². The Balaban J connectivity index is 2.27. The van der Waals surface area contributed by atoms with E-state index >= 15 is 0 Å². The predicted octanol–water partition coefficient (Wildman–Crippen LogP) is 1.60. The van der Waals surface area contributed by atoms with Gasteiger partial charge in [0.15, 0.2) is 12.4 Å². The monoisotopic (exact) mass is 323 g/mol. The summed E-state index contributed by atoms with van der Waals surface area (Å²) in [5.41, 5.74) is 0. The first-order chi connectivity index (χ1) is 8.88. The van der Waals surface area contributed by atoms with E-state index in [0.717, 1.165) is 18.5 Å². The number of sulfonamides is 1. The molecule has 1 aromatic carbocycles. The van der Waals surface area contributed by atoms with Crippen LogP contribution in [0.5, 0.6) is 5.75 Å². The average molecular weight is 324 g/mol. The SMILES string of the molecule is NS(=O)(=O)c1cc(Cl)c(OCc2ncon2)c(Cl)c1. The van der Waals surface area contributed by atoms with Crippen molar-refractivity contribution in [3.8, 4) is 5.75 Å². The van der Waals surface area contributed by atoms with Crippen molar-refractivity contribution >= 4 is 33.2 Å². The number of primary sulfonamides is 1. The van der Waals surface area contributed by atoms with E-state index in [1.165, 1.54) is 0 Å². The minimum absolute atomic E-state index is 0.0139. The summed E-state index contributed by atoms with van der Waals surface area (Å²) in [6.07, 6.45) is 1.14. The minimum Gasteiger partial charge on any atom is -0.482 e. The predicted molar refractivity (Wildman–Crippen MR) is 66.5 cm³/mol. The molecule has 0 atom stereocenters. The maximum absolute atomic E-state index is 11.2. The topological polar surface area (TPSA) is 108 Å². The zero-order chi connectivity index (χ0) is 14.0.